The van der Waals surface area contributed by atoms with E-state index in [-0.39, 0.29) is 6.42 Å². The predicted molar refractivity (Wildman–Crippen MR) is 76.4 cm³/mol. The third-order valence-corrected chi connectivity index (χ3v) is 4.66. The van der Waals surface area contributed by atoms with Crippen molar-refractivity contribution >= 4 is 45.0 Å². The van der Waals surface area contributed by atoms with E-state index in [1.54, 1.807) is 17.5 Å². The molecular weight excluding hydrogens is 348 g/mol. The molecule has 0 aliphatic rings. The second kappa shape index (κ2) is 6.19. The molecule has 19 heavy (non-hydrogen) atoms. The topological polar surface area (TPSA) is 74.0 Å². The lowest BCUT2D eigenvalue weighted by Gasteiger charge is -2.01. The van der Waals surface area contributed by atoms with Crippen LogP contribution in [0.25, 0.3) is 0 Å². The normalized spacial score (nSPS) is 10.1. The van der Waals surface area contributed by atoms with Gasteiger partial charge in [0, 0.05) is 14.7 Å². The summed E-state index contributed by atoms with van der Waals surface area (Å²) in [5, 5.41) is 19.5. The summed E-state index contributed by atoms with van der Waals surface area (Å²) in [5.41, 5.74) is 1.11. The van der Waals surface area contributed by atoms with Crippen molar-refractivity contribution in [2.75, 3.05) is 0 Å². The van der Waals surface area contributed by atoms with Gasteiger partial charge in [-0.1, -0.05) is 27.7 Å². The highest BCUT2D eigenvalue weighted by atomic mass is 79.9. The van der Waals surface area contributed by atoms with E-state index in [4.69, 9.17) is 10.4 Å². The Morgan fingerprint density at radius 3 is 3.05 bits per heavy atom. The zero-order chi connectivity index (χ0) is 13.8. The molecule has 0 saturated carbocycles. The van der Waals surface area contributed by atoms with Crippen LogP contribution in [-0.2, 0) is 11.2 Å². The third kappa shape index (κ3) is 3.80. The van der Waals surface area contributed by atoms with Crippen LogP contribution in [0.15, 0.2) is 37.3 Å². The first kappa shape index (κ1) is 14.1. The van der Waals surface area contributed by atoms with Crippen LogP contribution in [0.4, 0.5) is 0 Å². The lowest BCUT2D eigenvalue weighted by atomic mass is 10.2. The maximum Gasteiger partial charge on any atom is 0.309 e. The molecule has 0 radical (unpaired) electrons. The molecule has 1 heterocycles. The van der Waals surface area contributed by atoms with Crippen LogP contribution in [0.1, 0.15) is 11.3 Å². The Morgan fingerprint density at radius 2 is 2.37 bits per heavy atom. The first-order valence-corrected chi connectivity index (χ1v) is 7.61. The van der Waals surface area contributed by atoms with E-state index in [2.05, 4.69) is 27.0 Å². The smallest absolute Gasteiger partial charge is 0.309 e. The number of thiazole rings is 1. The fourth-order valence-electron chi connectivity index (χ4n) is 1.34. The number of nitrogens with zero attached hydrogens (tertiary/aromatic N) is 2. The van der Waals surface area contributed by atoms with Gasteiger partial charge in [-0.05, 0) is 18.2 Å². The fraction of sp³-hybridized carbons (Fsp3) is 0.0833. The van der Waals surface area contributed by atoms with Crippen molar-refractivity contribution in [3.8, 4) is 6.07 Å². The van der Waals surface area contributed by atoms with Gasteiger partial charge in [0.2, 0.25) is 0 Å². The van der Waals surface area contributed by atoms with Gasteiger partial charge in [0.05, 0.1) is 17.7 Å². The van der Waals surface area contributed by atoms with Crippen LogP contribution >= 0.6 is 39.0 Å². The molecule has 0 bridgehead atoms. The molecule has 1 N–H and O–H groups in total. The summed E-state index contributed by atoms with van der Waals surface area (Å²) in [6.07, 6.45) is -0.0827. The highest BCUT2D eigenvalue weighted by molar-refractivity contribution is 9.10. The van der Waals surface area contributed by atoms with E-state index in [0.717, 1.165) is 13.7 Å². The quantitative estimate of drug-likeness (QED) is 0.908. The number of hydrogen-bond donors (Lipinski definition) is 1. The Morgan fingerprint density at radius 1 is 1.58 bits per heavy atom. The SMILES string of the molecule is N#Cc1ccc(Br)cc1Sc1nc(CC(=O)O)cs1. The van der Waals surface area contributed by atoms with Crippen molar-refractivity contribution in [1.29, 1.82) is 5.26 Å². The van der Waals surface area contributed by atoms with E-state index >= 15 is 0 Å². The van der Waals surface area contributed by atoms with Crippen molar-refractivity contribution in [2.24, 2.45) is 0 Å². The highest BCUT2D eigenvalue weighted by Gasteiger charge is 2.10. The zero-order valence-electron chi connectivity index (χ0n) is 9.46. The predicted octanol–water partition coefficient (Wildman–Crippen LogP) is 3.56. The van der Waals surface area contributed by atoms with Gasteiger partial charge in [0.1, 0.15) is 6.07 Å². The number of carboxylic acid groups (broad SMARTS) is 1. The first-order chi connectivity index (χ1) is 9.08. The van der Waals surface area contributed by atoms with Gasteiger partial charge in [-0.25, -0.2) is 4.98 Å². The van der Waals surface area contributed by atoms with E-state index < -0.39 is 5.97 Å². The van der Waals surface area contributed by atoms with Gasteiger partial charge in [0.25, 0.3) is 0 Å². The summed E-state index contributed by atoms with van der Waals surface area (Å²) in [7, 11) is 0. The average molecular weight is 355 g/mol. The molecular formula is C12H7BrN2O2S2. The van der Waals surface area contributed by atoms with Crippen LogP contribution in [0.5, 0.6) is 0 Å². The van der Waals surface area contributed by atoms with Gasteiger partial charge in [-0.3, -0.25) is 4.79 Å². The third-order valence-electron chi connectivity index (χ3n) is 2.12. The zero-order valence-corrected chi connectivity index (χ0v) is 12.7. The molecule has 1 aromatic carbocycles. The van der Waals surface area contributed by atoms with Gasteiger partial charge in [-0.2, -0.15) is 5.26 Å². The summed E-state index contributed by atoms with van der Waals surface area (Å²) in [5.74, 6) is -0.901. The molecule has 7 heteroatoms. The number of aromatic nitrogens is 1. The Bertz CT molecular complexity index is 664. The molecule has 0 atom stereocenters. The van der Waals surface area contributed by atoms with E-state index in [1.165, 1.54) is 23.1 Å². The van der Waals surface area contributed by atoms with Crippen LogP contribution in [0.2, 0.25) is 0 Å². The molecule has 0 unspecified atom stereocenters. The molecule has 0 aliphatic carbocycles. The van der Waals surface area contributed by atoms with E-state index in [9.17, 15) is 4.79 Å². The fourth-order valence-corrected chi connectivity index (χ4v) is 3.76. The van der Waals surface area contributed by atoms with E-state index in [0.29, 0.717) is 11.3 Å². The largest absolute Gasteiger partial charge is 0.481 e. The minimum absolute atomic E-state index is 0.0827. The van der Waals surface area contributed by atoms with Crippen molar-refractivity contribution in [2.45, 2.75) is 15.7 Å². The van der Waals surface area contributed by atoms with Gasteiger partial charge >= 0.3 is 5.97 Å². The molecule has 0 fully saturated rings. The Kier molecular flexibility index (Phi) is 4.58. The number of aliphatic carboxylic acids is 1. The molecule has 2 rings (SSSR count). The standard InChI is InChI=1S/C12H7BrN2O2S2/c13-8-2-1-7(5-14)10(3-8)19-12-15-9(6-18-12)4-11(16)17/h1-3,6H,4H2,(H,16,17). The minimum atomic E-state index is -0.901. The Labute approximate surface area is 126 Å². The monoisotopic (exact) mass is 354 g/mol. The molecule has 1 aromatic heterocycles. The van der Waals surface area contributed by atoms with Crippen LogP contribution in [0.3, 0.4) is 0 Å². The maximum atomic E-state index is 10.6. The highest BCUT2D eigenvalue weighted by Crippen LogP contribution is 2.34. The summed E-state index contributed by atoms with van der Waals surface area (Å²) in [6.45, 7) is 0. The van der Waals surface area contributed by atoms with E-state index in [1.807, 2.05) is 6.07 Å². The number of benzene rings is 1. The number of carbonyl (C=O) groups is 1. The van der Waals surface area contributed by atoms with Gasteiger partial charge in [0.15, 0.2) is 4.34 Å². The summed E-state index contributed by atoms with van der Waals surface area (Å²) >= 11 is 6.10. The summed E-state index contributed by atoms with van der Waals surface area (Å²) < 4.78 is 1.61. The first-order valence-electron chi connectivity index (χ1n) is 5.12. The lowest BCUT2D eigenvalue weighted by Crippen LogP contribution is -1.99. The maximum absolute atomic E-state index is 10.6. The second-order valence-corrected chi connectivity index (χ2v) is 6.59. The number of halogens is 1. The van der Waals surface area contributed by atoms with Crippen molar-refractivity contribution in [3.63, 3.8) is 0 Å². The number of carboxylic acids is 1. The number of rotatable bonds is 4. The Balaban J connectivity index is 2.21. The van der Waals surface area contributed by atoms with Crippen molar-refractivity contribution in [3.05, 3.63) is 39.3 Å². The molecule has 0 spiro atoms. The van der Waals surface area contributed by atoms with Gasteiger partial charge in [-0.15, -0.1) is 11.3 Å². The van der Waals surface area contributed by atoms with Gasteiger partial charge < -0.3 is 5.11 Å². The summed E-state index contributed by atoms with van der Waals surface area (Å²) in [6, 6.07) is 7.51. The minimum Gasteiger partial charge on any atom is -0.481 e. The Hall–Kier alpha value is -1.36. The molecule has 0 saturated heterocycles. The lowest BCUT2D eigenvalue weighted by molar-refractivity contribution is -0.136. The van der Waals surface area contributed by atoms with Crippen molar-refractivity contribution in [1.82, 2.24) is 4.98 Å². The molecule has 0 aliphatic heterocycles. The number of hydrogen-bond acceptors (Lipinski definition) is 5. The van der Waals surface area contributed by atoms with Crippen LogP contribution in [-0.4, -0.2) is 16.1 Å². The molecule has 0 amide bonds. The molecule has 2 aromatic rings. The molecule has 4 nitrogen and oxygen atoms in total. The average Bonchev–Trinajstić information content (AvgIpc) is 2.76. The second-order valence-electron chi connectivity index (χ2n) is 3.53. The van der Waals surface area contributed by atoms with Crippen LogP contribution < -0.4 is 0 Å². The summed E-state index contributed by atoms with van der Waals surface area (Å²) in [4.78, 5) is 15.6. The van der Waals surface area contributed by atoms with Crippen LogP contribution in [0, 0.1) is 11.3 Å². The number of nitriles is 1. The molecule has 96 valence electrons. The van der Waals surface area contributed by atoms with Crippen molar-refractivity contribution < 1.29 is 9.90 Å².